The summed E-state index contributed by atoms with van der Waals surface area (Å²) in [6, 6.07) is 14.7. The SMILES string of the molecule is CCCOc1ccc(/C=C/C(=O)Oc2ccc(OCCC(C)CC)cc2)cc1. The predicted molar refractivity (Wildman–Crippen MR) is 113 cm³/mol. The maximum absolute atomic E-state index is 12.0. The van der Waals surface area contributed by atoms with Crippen LogP contribution in [-0.2, 0) is 4.79 Å². The van der Waals surface area contributed by atoms with Crippen LogP contribution in [0.3, 0.4) is 0 Å². The van der Waals surface area contributed by atoms with Gasteiger partial charge in [-0.2, -0.15) is 0 Å². The Morgan fingerprint density at radius 2 is 1.46 bits per heavy atom. The van der Waals surface area contributed by atoms with Crippen LogP contribution in [0.2, 0.25) is 0 Å². The molecule has 0 saturated carbocycles. The molecule has 0 bridgehead atoms. The second kappa shape index (κ2) is 11.9. The van der Waals surface area contributed by atoms with Crippen LogP contribution in [0.5, 0.6) is 17.2 Å². The van der Waals surface area contributed by atoms with Gasteiger partial charge in [0, 0.05) is 6.08 Å². The van der Waals surface area contributed by atoms with Crippen molar-refractivity contribution in [3.8, 4) is 17.2 Å². The molecule has 0 heterocycles. The first-order chi connectivity index (χ1) is 13.6. The third-order valence-electron chi connectivity index (χ3n) is 4.38. The quantitative estimate of drug-likeness (QED) is 0.275. The first-order valence-electron chi connectivity index (χ1n) is 9.96. The Morgan fingerprint density at radius 3 is 2.07 bits per heavy atom. The van der Waals surface area contributed by atoms with E-state index in [0.29, 0.717) is 24.9 Å². The van der Waals surface area contributed by atoms with E-state index in [1.165, 1.54) is 6.08 Å². The van der Waals surface area contributed by atoms with Gasteiger partial charge in [-0.3, -0.25) is 0 Å². The molecule has 2 aromatic carbocycles. The first-order valence-corrected chi connectivity index (χ1v) is 9.96. The summed E-state index contributed by atoms with van der Waals surface area (Å²) in [5.41, 5.74) is 0.908. The lowest BCUT2D eigenvalue weighted by molar-refractivity contribution is -0.128. The second-order valence-electron chi connectivity index (χ2n) is 6.79. The number of benzene rings is 2. The minimum absolute atomic E-state index is 0.420. The van der Waals surface area contributed by atoms with Crippen molar-refractivity contribution in [1.82, 2.24) is 0 Å². The van der Waals surface area contributed by atoms with Crippen LogP contribution in [-0.4, -0.2) is 19.2 Å². The van der Waals surface area contributed by atoms with Crippen LogP contribution < -0.4 is 14.2 Å². The lowest BCUT2D eigenvalue weighted by Gasteiger charge is -2.10. The largest absolute Gasteiger partial charge is 0.494 e. The summed E-state index contributed by atoms with van der Waals surface area (Å²) in [6.07, 6.45) is 6.29. The van der Waals surface area contributed by atoms with E-state index in [-0.39, 0.29) is 0 Å². The molecule has 2 rings (SSSR count). The zero-order chi connectivity index (χ0) is 20.2. The fraction of sp³-hybridized carbons (Fsp3) is 0.375. The molecule has 150 valence electrons. The van der Waals surface area contributed by atoms with E-state index in [9.17, 15) is 4.79 Å². The average molecular weight is 383 g/mol. The molecule has 4 heteroatoms. The van der Waals surface area contributed by atoms with Crippen molar-refractivity contribution in [1.29, 1.82) is 0 Å². The molecule has 0 amide bonds. The van der Waals surface area contributed by atoms with Crippen molar-refractivity contribution in [3.05, 3.63) is 60.2 Å². The lowest BCUT2D eigenvalue weighted by Crippen LogP contribution is -2.04. The highest BCUT2D eigenvalue weighted by Gasteiger charge is 2.03. The highest BCUT2D eigenvalue weighted by molar-refractivity contribution is 5.88. The third-order valence-corrected chi connectivity index (χ3v) is 4.38. The Hall–Kier alpha value is -2.75. The number of esters is 1. The van der Waals surface area contributed by atoms with Gasteiger partial charge in [-0.1, -0.05) is 39.3 Å². The topological polar surface area (TPSA) is 44.8 Å². The predicted octanol–water partition coefficient (Wildman–Crippen LogP) is 5.91. The van der Waals surface area contributed by atoms with E-state index in [1.807, 2.05) is 36.4 Å². The normalized spacial score (nSPS) is 12.0. The van der Waals surface area contributed by atoms with Gasteiger partial charge in [0.1, 0.15) is 17.2 Å². The van der Waals surface area contributed by atoms with Gasteiger partial charge < -0.3 is 14.2 Å². The van der Waals surface area contributed by atoms with Crippen LogP contribution in [0.4, 0.5) is 0 Å². The average Bonchev–Trinajstić information content (AvgIpc) is 2.72. The van der Waals surface area contributed by atoms with E-state index in [2.05, 4.69) is 20.8 Å². The molecule has 0 N–H and O–H groups in total. The summed E-state index contributed by atoms with van der Waals surface area (Å²) in [7, 11) is 0. The first kappa shape index (κ1) is 21.5. The van der Waals surface area contributed by atoms with E-state index in [4.69, 9.17) is 14.2 Å². The molecule has 0 radical (unpaired) electrons. The van der Waals surface area contributed by atoms with Crippen LogP contribution in [0.1, 0.15) is 45.6 Å². The van der Waals surface area contributed by atoms with Gasteiger partial charge in [0.15, 0.2) is 0 Å². The monoisotopic (exact) mass is 382 g/mol. The number of hydrogen-bond donors (Lipinski definition) is 0. The summed E-state index contributed by atoms with van der Waals surface area (Å²) in [5, 5.41) is 0. The van der Waals surface area contributed by atoms with Gasteiger partial charge in [0.2, 0.25) is 0 Å². The summed E-state index contributed by atoms with van der Waals surface area (Å²) < 4.78 is 16.6. The summed E-state index contributed by atoms with van der Waals surface area (Å²) in [5.74, 6) is 2.34. The van der Waals surface area contributed by atoms with Crippen LogP contribution in [0.15, 0.2) is 54.6 Å². The Labute approximate surface area is 168 Å². The number of ether oxygens (including phenoxy) is 3. The molecule has 0 fully saturated rings. The van der Waals surface area contributed by atoms with Gasteiger partial charge in [0.05, 0.1) is 13.2 Å². The smallest absolute Gasteiger partial charge is 0.336 e. The number of rotatable bonds is 11. The van der Waals surface area contributed by atoms with Crippen LogP contribution in [0, 0.1) is 5.92 Å². The Bertz CT molecular complexity index is 732. The van der Waals surface area contributed by atoms with Gasteiger partial charge in [-0.05, 0) is 66.8 Å². The van der Waals surface area contributed by atoms with Crippen molar-refractivity contribution in [2.75, 3.05) is 13.2 Å². The van der Waals surface area contributed by atoms with E-state index < -0.39 is 5.97 Å². The van der Waals surface area contributed by atoms with Crippen molar-refractivity contribution in [2.24, 2.45) is 5.92 Å². The highest BCUT2D eigenvalue weighted by atomic mass is 16.5. The number of carbonyl (C=O) groups is 1. The van der Waals surface area contributed by atoms with E-state index in [1.54, 1.807) is 18.2 Å². The van der Waals surface area contributed by atoms with E-state index >= 15 is 0 Å². The summed E-state index contributed by atoms with van der Waals surface area (Å²) in [4.78, 5) is 12.0. The highest BCUT2D eigenvalue weighted by Crippen LogP contribution is 2.19. The number of carbonyl (C=O) groups excluding carboxylic acids is 1. The Balaban J connectivity index is 1.79. The van der Waals surface area contributed by atoms with Crippen molar-refractivity contribution in [3.63, 3.8) is 0 Å². The van der Waals surface area contributed by atoms with Gasteiger partial charge in [-0.25, -0.2) is 4.79 Å². The van der Waals surface area contributed by atoms with Gasteiger partial charge >= 0.3 is 5.97 Å². The van der Waals surface area contributed by atoms with Gasteiger partial charge in [-0.15, -0.1) is 0 Å². The molecule has 0 spiro atoms. The van der Waals surface area contributed by atoms with Gasteiger partial charge in [0.25, 0.3) is 0 Å². The van der Waals surface area contributed by atoms with E-state index in [0.717, 1.165) is 36.3 Å². The third kappa shape index (κ3) is 7.87. The molecular weight excluding hydrogens is 352 g/mol. The molecule has 0 aromatic heterocycles. The fourth-order valence-electron chi connectivity index (χ4n) is 2.40. The standard InChI is InChI=1S/C24H30O4/c1-4-17-26-21-9-6-20(7-10-21)8-15-24(25)28-23-13-11-22(12-14-23)27-18-16-19(3)5-2/h6-15,19H,4-5,16-18H2,1-3H3/b15-8+. The van der Waals surface area contributed by atoms with Crippen molar-refractivity contribution >= 4 is 12.0 Å². The van der Waals surface area contributed by atoms with Crippen molar-refractivity contribution < 1.29 is 19.0 Å². The molecule has 0 aliphatic carbocycles. The summed E-state index contributed by atoms with van der Waals surface area (Å²) in [6.45, 7) is 7.85. The second-order valence-corrected chi connectivity index (χ2v) is 6.79. The molecule has 0 aliphatic rings. The molecule has 1 atom stereocenters. The maximum atomic E-state index is 12.0. The van der Waals surface area contributed by atoms with Crippen LogP contribution >= 0.6 is 0 Å². The number of hydrogen-bond acceptors (Lipinski definition) is 4. The molecule has 2 aromatic rings. The molecule has 28 heavy (non-hydrogen) atoms. The zero-order valence-corrected chi connectivity index (χ0v) is 17.0. The Kier molecular flexibility index (Phi) is 9.13. The molecule has 1 unspecified atom stereocenters. The molecular formula is C24H30O4. The lowest BCUT2D eigenvalue weighted by atomic mass is 10.1. The molecule has 4 nitrogen and oxygen atoms in total. The molecule has 0 aliphatic heterocycles. The van der Waals surface area contributed by atoms with Crippen molar-refractivity contribution in [2.45, 2.75) is 40.0 Å². The maximum Gasteiger partial charge on any atom is 0.336 e. The van der Waals surface area contributed by atoms with Crippen LogP contribution in [0.25, 0.3) is 6.08 Å². The zero-order valence-electron chi connectivity index (χ0n) is 17.0. The molecule has 0 saturated heterocycles. The fourth-order valence-corrected chi connectivity index (χ4v) is 2.40. The summed E-state index contributed by atoms with van der Waals surface area (Å²) >= 11 is 0. The Morgan fingerprint density at radius 1 is 0.893 bits per heavy atom. The minimum Gasteiger partial charge on any atom is -0.494 e. The minimum atomic E-state index is -0.420.